The number of nitrogens with zero attached hydrogens (tertiary/aromatic N) is 2. The lowest BCUT2D eigenvalue weighted by Crippen LogP contribution is -2.35. The molecule has 1 amide bonds. The van der Waals surface area contributed by atoms with Crippen LogP contribution in [0.1, 0.15) is 38.8 Å². The maximum atomic E-state index is 12.6. The van der Waals surface area contributed by atoms with E-state index >= 15 is 0 Å². The summed E-state index contributed by atoms with van der Waals surface area (Å²) in [5, 5.41) is 0.810. The molecule has 1 fully saturated rings. The highest BCUT2D eigenvalue weighted by molar-refractivity contribution is 8.18. The highest BCUT2D eigenvalue weighted by Gasteiger charge is 2.35. The molecule has 4 heteroatoms. The molecule has 0 bridgehead atoms. The van der Waals surface area contributed by atoms with Crippen molar-refractivity contribution in [3.8, 4) is 0 Å². The molecule has 0 aromatic heterocycles. The number of aliphatic imine (C=N–C) groups is 1. The molecule has 0 unspecified atom stereocenters. The average Bonchev–Trinajstić information content (AvgIpc) is 2.68. The average molecular weight is 302 g/mol. The first-order valence-corrected chi connectivity index (χ1v) is 8.08. The van der Waals surface area contributed by atoms with Crippen molar-refractivity contribution < 1.29 is 4.79 Å². The van der Waals surface area contributed by atoms with Crippen LogP contribution in [0.2, 0.25) is 0 Å². The summed E-state index contributed by atoms with van der Waals surface area (Å²) in [6, 6.07) is 8.39. The molecular weight excluding hydrogens is 280 g/mol. The lowest BCUT2D eigenvalue weighted by Gasteiger charge is -2.20. The smallest absolute Gasteiger partial charge is 0.266 e. The molecule has 2 rings (SSSR count). The topological polar surface area (TPSA) is 32.7 Å². The highest BCUT2D eigenvalue weighted by Crippen LogP contribution is 2.34. The summed E-state index contributed by atoms with van der Waals surface area (Å²) in [5.74, 6) is 0.0534. The van der Waals surface area contributed by atoms with Crippen molar-refractivity contribution in [1.29, 1.82) is 0 Å². The zero-order valence-electron chi connectivity index (χ0n) is 13.3. The van der Waals surface area contributed by atoms with Crippen molar-refractivity contribution in [1.82, 2.24) is 4.90 Å². The van der Waals surface area contributed by atoms with Gasteiger partial charge in [-0.1, -0.05) is 24.3 Å². The number of rotatable bonds is 3. The van der Waals surface area contributed by atoms with Crippen LogP contribution < -0.4 is 0 Å². The normalized spacial score (nSPS) is 19.6. The second-order valence-electron chi connectivity index (χ2n) is 5.74. The molecule has 1 aromatic rings. The number of hydrogen-bond donors (Lipinski definition) is 0. The SMILES string of the molecule is Cc1ccccc1/C=C1/SC(=NC(C)C)N(C(C)C)C1=O. The fourth-order valence-electron chi connectivity index (χ4n) is 2.14. The zero-order valence-corrected chi connectivity index (χ0v) is 14.1. The maximum absolute atomic E-state index is 12.6. The van der Waals surface area contributed by atoms with Gasteiger partial charge in [-0.3, -0.25) is 14.7 Å². The molecule has 0 atom stereocenters. The summed E-state index contributed by atoms with van der Waals surface area (Å²) in [4.78, 5) is 19.7. The number of carbonyl (C=O) groups excluding carboxylic acids is 1. The van der Waals surface area contributed by atoms with Crippen LogP contribution in [0.3, 0.4) is 0 Å². The van der Waals surface area contributed by atoms with E-state index in [1.54, 1.807) is 4.90 Å². The fraction of sp³-hybridized carbons (Fsp3) is 0.412. The van der Waals surface area contributed by atoms with E-state index in [2.05, 4.69) is 18.0 Å². The summed E-state index contributed by atoms with van der Waals surface area (Å²) in [6.07, 6.45) is 1.97. The van der Waals surface area contributed by atoms with Gasteiger partial charge in [0.25, 0.3) is 5.91 Å². The van der Waals surface area contributed by atoms with Gasteiger partial charge in [0.1, 0.15) is 0 Å². The van der Waals surface area contributed by atoms with E-state index in [1.165, 1.54) is 17.3 Å². The highest BCUT2D eigenvalue weighted by atomic mass is 32.2. The number of aryl methyl sites for hydroxylation is 1. The minimum Gasteiger partial charge on any atom is -0.284 e. The van der Waals surface area contributed by atoms with Crippen molar-refractivity contribution in [2.75, 3.05) is 0 Å². The molecule has 1 heterocycles. The van der Waals surface area contributed by atoms with Gasteiger partial charge in [-0.05, 0) is 63.6 Å². The van der Waals surface area contributed by atoms with Gasteiger partial charge in [-0.15, -0.1) is 0 Å². The van der Waals surface area contributed by atoms with Gasteiger partial charge in [-0.2, -0.15) is 0 Å². The zero-order chi connectivity index (χ0) is 15.6. The molecule has 0 radical (unpaired) electrons. The van der Waals surface area contributed by atoms with Crippen LogP contribution >= 0.6 is 11.8 Å². The monoisotopic (exact) mass is 302 g/mol. The molecule has 1 saturated heterocycles. The van der Waals surface area contributed by atoms with Crippen LogP contribution in [0.15, 0.2) is 34.2 Å². The summed E-state index contributed by atoms with van der Waals surface area (Å²) in [7, 11) is 0. The number of thioether (sulfide) groups is 1. The van der Waals surface area contributed by atoms with Crippen LogP contribution in [-0.4, -0.2) is 28.1 Å². The molecular formula is C17H22N2OS. The predicted octanol–water partition coefficient (Wildman–Crippen LogP) is 4.08. The standard InChI is InChI=1S/C17H22N2OS/c1-11(2)18-17-19(12(3)4)16(20)15(21-17)10-14-9-7-6-8-13(14)5/h6-12H,1-5H3/b15-10+,18-17?. The van der Waals surface area contributed by atoms with Crippen LogP contribution in [0.25, 0.3) is 6.08 Å². The Morgan fingerprint density at radius 3 is 2.43 bits per heavy atom. The van der Waals surface area contributed by atoms with Gasteiger partial charge in [0.05, 0.1) is 4.91 Å². The third-order valence-corrected chi connectivity index (χ3v) is 4.19. The van der Waals surface area contributed by atoms with E-state index in [0.29, 0.717) is 0 Å². The van der Waals surface area contributed by atoms with Crippen LogP contribution in [-0.2, 0) is 4.79 Å². The van der Waals surface area contributed by atoms with Crippen molar-refractivity contribution in [3.05, 3.63) is 40.3 Å². The number of hydrogen-bond acceptors (Lipinski definition) is 3. The third-order valence-electron chi connectivity index (χ3n) is 3.20. The number of amides is 1. The summed E-state index contributed by atoms with van der Waals surface area (Å²) < 4.78 is 0. The Labute approximate surface area is 131 Å². The summed E-state index contributed by atoms with van der Waals surface area (Å²) >= 11 is 1.47. The van der Waals surface area contributed by atoms with Gasteiger partial charge in [0.15, 0.2) is 5.17 Å². The number of amidine groups is 1. The molecule has 0 N–H and O–H groups in total. The summed E-state index contributed by atoms with van der Waals surface area (Å²) in [6.45, 7) is 10.1. The van der Waals surface area contributed by atoms with Crippen LogP contribution in [0.5, 0.6) is 0 Å². The maximum Gasteiger partial charge on any atom is 0.266 e. The second-order valence-corrected chi connectivity index (χ2v) is 6.75. The van der Waals surface area contributed by atoms with Crippen molar-refractivity contribution in [3.63, 3.8) is 0 Å². The third kappa shape index (κ3) is 3.56. The Kier molecular flexibility index (Phi) is 4.88. The minimum absolute atomic E-state index is 0.0534. The first-order valence-electron chi connectivity index (χ1n) is 7.26. The molecule has 0 spiro atoms. The van der Waals surface area contributed by atoms with Crippen LogP contribution in [0.4, 0.5) is 0 Å². The molecule has 1 aliphatic rings. The Bertz CT molecular complexity index is 603. The van der Waals surface area contributed by atoms with Crippen molar-refractivity contribution >= 4 is 28.9 Å². The lowest BCUT2D eigenvalue weighted by atomic mass is 10.1. The Balaban J connectivity index is 2.39. The van der Waals surface area contributed by atoms with E-state index in [4.69, 9.17) is 0 Å². The molecule has 0 saturated carbocycles. The Hall–Kier alpha value is -1.55. The van der Waals surface area contributed by atoms with Crippen LogP contribution in [0, 0.1) is 6.92 Å². The van der Waals surface area contributed by atoms with E-state index in [-0.39, 0.29) is 18.0 Å². The molecule has 112 valence electrons. The second kappa shape index (κ2) is 6.48. The Morgan fingerprint density at radius 2 is 1.86 bits per heavy atom. The first-order chi connectivity index (χ1) is 9.90. The van der Waals surface area contributed by atoms with E-state index in [9.17, 15) is 4.79 Å². The molecule has 1 aliphatic heterocycles. The van der Waals surface area contributed by atoms with Gasteiger partial charge in [0, 0.05) is 12.1 Å². The van der Waals surface area contributed by atoms with Gasteiger partial charge < -0.3 is 0 Å². The molecule has 21 heavy (non-hydrogen) atoms. The van der Waals surface area contributed by atoms with E-state index in [1.807, 2.05) is 52.0 Å². The molecule has 3 nitrogen and oxygen atoms in total. The first kappa shape index (κ1) is 15.8. The quantitative estimate of drug-likeness (QED) is 0.788. The molecule has 0 aliphatic carbocycles. The number of benzene rings is 1. The molecule has 1 aromatic carbocycles. The number of carbonyl (C=O) groups is 1. The largest absolute Gasteiger partial charge is 0.284 e. The Morgan fingerprint density at radius 1 is 1.19 bits per heavy atom. The van der Waals surface area contributed by atoms with E-state index in [0.717, 1.165) is 15.6 Å². The van der Waals surface area contributed by atoms with Crippen molar-refractivity contribution in [2.45, 2.75) is 46.7 Å². The lowest BCUT2D eigenvalue weighted by molar-refractivity contribution is -0.123. The summed E-state index contributed by atoms with van der Waals surface area (Å²) in [5.41, 5.74) is 2.26. The minimum atomic E-state index is 0.0534. The van der Waals surface area contributed by atoms with Gasteiger partial charge in [-0.25, -0.2) is 0 Å². The van der Waals surface area contributed by atoms with Gasteiger partial charge >= 0.3 is 0 Å². The van der Waals surface area contributed by atoms with Crippen molar-refractivity contribution in [2.24, 2.45) is 4.99 Å². The fourth-order valence-corrected chi connectivity index (χ4v) is 3.37. The predicted molar refractivity (Wildman–Crippen MR) is 91.3 cm³/mol. The van der Waals surface area contributed by atoms with E-state index < -0.39 is 0 Å². The van der Waals surface area contributed by atoms with Gasteiger partial charge in [0.2, 0.25) is 0 Å².